The normalized spacial score (nSPS) is 9.42. The van der Waals surface area contributed by atoms with Crippen molar-refractivity contribution in [2.75, 3.05) is 0 Å². The molecule has 0 saturated heterocycles. The van der Waals surface area contributed by atoms with Gasteiger partial charge in [0, 0.05) is 0 Å². The van der Waals surface area contributed by atoms with Gasteiger partial charge in [0.15, 0.2) is 0 Å². The molecule has 0 aliphatic carbocycles. The summed E-state index contributed by atoms with van der Waals surface area (Å²) in [5.74, 6) is -6.64. The minimum absolute atomic E-state index is 0. The number of ether oxygens (including phenoxy) is 1. The minimum atomic E-state index is -2.74. The summed E-state index contributed by atoms with van der Waals surface area (Å²) in [5.41, 5.74) is -2.74. The molecular formula is C9H24CaO14. The van der Waals surface area contributed by atoms with Crippen molar-refractivity contribution in [3.05, 3.63) is 0 Å². The predicted molar refractivity (Wildman–Crippen MR) is 79.3 cm³/mol. The number of rotatable bonds is 7. The first kappa shape index (κ1) is 43.4. The van der Waals surface area contributed by atoms with Crippen molar-refractivity contribution in [1.82, 2.24) is 0 Å². The average Bonchev–Trinajstić information content (AvgIpc) is 2.14. The number of carboxylic acids is 3. The molecule has 0 amide bonds. The molecule has 0 fully saturated rings. The third kappa shape index (κ3) is 14.5. The van der Waals surface area contributed by atoms with Gasteiger partial charge in [0.25, 0.3) is 0 Å². The van der Waals surface area contributed by atoms with Crippen LogP contribution in [0.2, 0.25) is 0 Å². The monoisotopic (exact) mass is 396 g/mol. The van der Waals surface area contributed by atoms with E-state index in [4.69, 9.17) is 20.4 Å². The fraction of sp³-hybridized carbons (Fsp3) is 0.556. The summed E-state index contributed by atoms with van der Waals surface area (Å²) >= 11 is 0. The molecular weight excluding hydrogens is 372 g/mol. The first-order valence-electron chi connectivity index (χ1n) is 4.68. The molecule has 1 atom stereocenters. The molecule has 1 unspecified atom stereocenters. The molecule has 0 rings (SSSR count). The van der Waals surface area contributed by atoms with Crippen LogP contribution in [0.25, 0.3) is 0 Å². The SMILES string of the molecule is CC(O)C(=O)OC(CC(=O)O)(CC(=O)O)C(=O)O.O.O.O.O.O.[CaH2]. The van der Waals surface area contributed by atoms with Gasteiger partial charge in [0.05, 0.1) is 12.8 Å². The van der Waals surface area contributed by atoms with Crippen LogP contribution in [0.4, 0.5) is 0 Å². The summed E-state index contributed by atoms with van der Waals surface area (Å²) in [6.45, 7) is 0.969. The first-order valence-corrected chi connectivity index (χ1v) is 4.68. The second kappa shape index (κ2) is 18.2. The summed E-state index contributed by atoms with van der Waals surface area (Å²) < 4.78 is 4.33. The van der Waals surface area contributed by atoms with Crippen LogP contribution < -0.4 is 0 Å². The molecule has 0 bridgehead atoms. The van der Waals surface area contributed by atoms with Gasteiger partial charge in [0.2, 0.25) is 5.60 Å². The van der Waals surface area contributed by atoms with Crippen molar-refractivity contribution in [2.45, 2.75) is 31.5 Å². The Bertz CT molecular complexity index is 364. The van der Waals surface area contributed by atoms with Crippen LogP contribution in [-0.2, 0) is 23.9 Å². The van der Waals surface area contributed by atoms with Gasteiger partial charge in [-0.15, -0.1) is 0 Å². The second-order valence-corrected chi connectivity index (χ2v) is 3.54. The zero-order chi connectivity index (χ0) is 14.5. The Morgan fingerprint density at radius 1 is 0.875 bits per heavy atom. The van der Waals surface area contributed by atoms with Crippen molar-refractivity contribution >= 4 is 61.6 Å². The Morgan fingerprint density at radius 2 is 1.17 bits per heavy atom. The van der Waals surface area contributed by atoms with Gasteiger partial charge < -0.3 is 52.5 Å². The topological polar surface area (TPSA) is 316 Å². The van der Waals surface area contributed by atoms with Crippen molar-refractivity contribution in [3.63, 3.8) is 0 Å². The summed E-state index contributed by atoms with van der Waals surface area (Å²) in [5, 5.41) is 34.8. The second-order valence-electron chi connectivity index (χ2n) is 3.54. The molecule has 0 aliphatic heterocycles. The van der Waals surface area contributed by atoms with E-state index >= 15 is 0 Å². The molecule has 24 heavy (non-hydrogen) atoms. The third-order valence-corrected chi connectivity index (χ3v) is 1.90. The maximum absolute atomic E-state index is 11.1. The van der Waals surface area contributed by atoms with Crippen LogP contribution in [0.3, 0.4) is 0 Å². The molecule has 15 heteroatoms. The number of aliphatic carboxylic acids is 3. The molecule has 0 radical (unpaired) electrons. The van der Waals surface area contributed by atoms with Gasteiger partial charge in [0.1, 0.15) is 6.10 Å². The Labute approximate surface area is 164 Å². The molecule has 146 valence electrons. The van der Waals surface area contributed by atoms with Crippen molar-refractivity contribution in [1.29, 1.82) is 0 Å². The fourth-order valence-electron chi connectivity index (χ4n) is 1.10. The van der Waals surface area contributed by atoms with E-state index in [1.165, 1.54) is 0 Å². The quantitative estimate of drug-likeness (QED) is 0.234. The average molecular weight is 396 g/mol. The van der Waals surface area contributed by atoms with E-state index in [9.17, 15) is 19.2 Å². The number of aliphatic hydroxyl groups excluding tert-OH is 1. The van der Waals surface area contributed by atoms with Gasteiger partial charge in [-0.1, -0.05) is 0 Å². The van der Waals surface area contributed by atoms with Crippen molar-refractivity contribution in [3.8, 4) is 0 Å². The van der Waals surface area contributed by atoms with Crippen molar-refractivity contribution in [2.24, 2.45) is 0 Å². The molecule has 0 spiro atoms. The van der Waals surface area contributed by atoms with Crippen LogP contribution in [0.15, 0.2) is 0 Å². The van der Waals surface area contributed by atoms with E-state index in [2.05, 4.69) is 4.74 Å². The molecule has 14 N–H and O–H groups in total. The van der Waals surface area contributed by atoms with Gasteiger partial charge in [-0.2, -0.15) is 0 Å². The van der Waals surface area contributed by atoms with Crippen LogP contribution in [0.5, 0.6) is 0 Å². The molecule has 0 aliphatic rings. The molecule has 0 saturated carbocycles. The number of hydrogen-bond donors (Lipinski definition) is 4. The Hall–Kier alpha value is -1.10. The van der Waals surface area contributed by atoms with Gasteiger partial charge in [-0.3, -0.25) is 9.59 Å². The molecule has 0 aromatic heterocycles. The van der Waals surface area contributed by atoms with Crippen LogP contribution in [-0.4, -0.2) is 121 Å². The summed E-state index contributed by atoms with van der Waals surface area (Å²) in [4.78, 5) is 43.2. The first-order chi connectivity index (χ1) is 8.10. The van der Waals surface area contributed by atoms with Crippen LogP contribution in [0, 0.1) is 0 Å². The van der Waals surface area contributed by atoms with E-state index in [0.717, 1.165) is 6.92 Å². The predicted octanol–water partition coefficient (Wildman–Crippen LogP) is -6.36. The Kier molecular flexibility index (Phi) is 33.0. The molecule has 14 nitrogen and oxygen atoms in total. The van der Waals surface area contributed by atoms with E-state index in [0.29, 0.717) is 0 Å². The number of hydrogen-bond acceptors (Lipinski definition) is 6. The zero-order valence-corrected chi connectivity index (χ0v) is 11.8. The summed E-state index contributed by atoms with van der Waals surface area (Å²) in [6.07, 6.45) is -4.16. The molecule has 0 aromatic carbocycles. The van der Waals surface area contributed by atoms with Crippen molar-refractivity contribution < 1.29 is 71.7 Å². The van der Waals surface area contributed by atoms with Gasteiger partial charge in [-0.25, -0.2) is 9.59 Å². The summed E-state index contributed by atoms with van der Waals surface area (Å²) in [7, 11) is 0. The van der Waals surface area contributed by atoms with E-state index in [-0.39, 0.29) is 65.1 Å². The maximum atomic E-state index is 11.1. The Morgan fingerprint density at radius 3 is 1.33 bits per heavy atom. The van der Waals surface area contributed by atoms with Crippen LogP contribution >= 0.6 is 0 Å². The fourth-order valence-corrected chi connectivity index (χ4v) is 1.10. The number of carbonyl (C=O) groups excluding carboxylic acids is 1. The number of esters is 1. The third-order valence-electron chi connectivity index (χ3n) is 1.90. The van der Waals surface area contributed by atoms with Gasteiger partial charge in [-0.05, 0) is 6.92 Å². The van der Waals surface area contributed by atoms with Crippen LogP contribution in [0.1, 0.15) is 19.8 Å². The Balaban J connectivity index is -0.0000000963. The molecule has 0 aromatic rings. The standard InChI is InChI=1S/C9H12O9.Ca.5H2O.2H/c1-4(10)7(15)18-9(8(16)17,2-5(11)12)3-6(13)14;;;;;;;;/h4,10H,2-3H2,1H3,(H,11,12)(H,13,14)(H,16,17);;5*1H2;;. The van der Waals surface area contributed by atoms with E-state index in [1.807, 2.05) is 0 Å². The van der Waals surface area contributed by atoms with E-state index in [1.54, 1.807) is 0 Å². The number of aliphatic hydroxyl groups is 1. The van der Waals surface area contributed by atoms with E-state index < -0.39 is 48.4 Å². The number of carbonyl (C=O) groups is 4. The molecule has 0 heterocycles. The number of carboxylic acid groups (broad SMARTS) is 3. The zero-order valence-electron chi connectivity index (χ0n) is 11.8. The summed E-state index contributed by atoms with van der Waals surface area (Å²) in [6, 6.07) is 0. The van der Waals surface area contributed by atoms with Gasteiger partial charge >= 0.3 is 61.6 Å².